The van der Waals surface area contributed by atoms with Crippen LogP contribution in [-0.4, -0.2) is 15.2 Å². The van der Waals surface area contributed by atoms with Crippen molar-refractivity contribution in [1.29, 1.82) is 0 Å². The molecule has 3 N–H and O–H groups in total. The highest BCUT2D eigenvalue weighted by Gasteiger charge is 2.13. The van der Waals surface area contributed by atoms with Gasteiger partial charge in [0.05, 0.1) is 6.04 Å². The average molecular weight is 245 g/mol. The molecule has 1 atom stereocenters. The zero-order valence-electron chi connectivity index (χ0n) is 9.91. The lowest BCUT2D eigenvalue weighted by atomic mass is 10.1. The number of hydrogen-bond donors (Lipinski definition) is 2. The fourth-order valence-electron chi connectivity index (χ4n) is 1.57. The van der Waals surface area contributed by atoms with Crippen LogP contribution in [0.25, 0.3) is 0 Å². The molecule has 18 heavy (non-hydrogen) atoms. The van der Waals surface area contributed by atoms with E-state index in [2.05, 4.69) is 16.7 Å². The summed E-state index contributed by atoms with van der Waals surface area (Å²) in [5, 5.41) is 13.1. The molecule has 0 amide bonds. The summed E-state index contributed by atoms with van der Waals surface area (Å²) < 4.78 is 5.09. The Morgan fingerprint density at radius 1 is 1.39 bits per heavy atom. The Balaban J connectivity index is 2.06. The smallest absolute Gasteiger partial charge is 0.243 e. The molecule has 94 valence electrons. The molecular formula is C13H15N3O2. The SMILES string of the molecule is C=CCC(N)c1nc(Cc2ccc(O)cc2)no1. The Labute approximate surface area is 105 Å². The van der Waals surface area contributed by atoms with Gasteiger partial charge in [-0.25, -0.2) is 0 Å². The van der Waals surface area contributed by atoms with Crippen LogP contribution in [0.1, 0.15) is 29.7 Å². The summed E-state index contributed by atoms with van der Waals surface area (Å²) in [5.41, 5.74) is 6.83. The average Bonchev–Trinajstić information content (AvgIpc) is 2.81. The van der Waals surface area contributed by atoms with Crippen LogP contribution in [0.15, 0.2) is 41.4 Å². The lowest BCUT2D eigenvalue weighted by molar-refractivity contribution is 0.352. The lowest BCUT2D eigenvalue weighted by Crippen LogP contribution is -2.09. The maximum Gasteiger partial charge on any atom is 0.243 e. The van der Waals surface area contributed by atoms with E-state index in [1.165, 1.54) is 0 Å². The number of phenolic OH excluding ortho intramolecular Hbond substituents is 1. The van der Waals surface area contributed by atoms with E-state index in [-0.39, 0.29) is 11.8 Å². The highest BCUT2D eigenvalue weighted by molar-refractivity contribution is 5.27. The van der Waals surface area contributed by atoms with Gasteiger partial charge in [-0.15, -0.1) is 6.58 Å². The van der Waals surface area contributed by atoms with Crippen molar-refractivity contribution in [2.45, 2.75) is 18.9 Å². The summed E-state index contributed by atoms with van der Waals surface area (Å²) in [5.74, 6) is 1.24. The Morgan fingerprint density at radius 2 is 2.11 bits per heavy atom. The van der Waals surface area contributed by atoms with Crippen molar-refractivity contribution in [2.24, 2.45) is 5.73 Å². The van der Waals surface area contributed by atoms with Crippen LogP contribution < -0.4 is 5.73 Å². The molecule has 0 bridgehead atoms. The summed E-state index contributed by atoms with van der Waals surface area (Å²) in [7, 11) is 0. The van der Waals surface area contributed by atoms with E-state index < -0.39 is 0 Å². The van der Waals surface area contributed by atoms with E-state index in [9.17, 15) is 5.11 Å². The van der Waals surface area contributed by atoms with Gasteiger partial charge in [0, 0.05) is 6.42 Å². The largest absolute Gasteiger partial charge is 0.508 e. The maximum atomic E-state index is 9.18. The van der Waals surface area contributed by atoms with Crippen LogP contribution in [0.4, 0.5) is 0 Å². The van der Waals surface area contributed by atoms with Gasteiger partial charge in [-0.05, 0) is 24.1 Å². The van der Waals surface area contributed by atoms with Gasteiger partial charge >= 0.3 is 0 Å². The van der Waals surface area contributed by atoms with Crippen molar-refractivity contribution in [2.75, 3.05) is 0 Å². The van der Waals surface area contributed by atoms with Gasteiger partial charge in [0.1, 0.15) is 5.75 Å². The van der Waals surface area contributed by atoms with Crippen LogP contribution in [0.2, 0.25) is 0 Å². The minimum Gasteiger partial charge on any atom is -0.508 e. The fourth-order valence-corrected chi connectivity index (χ4v) is 1.57. The molecule has 1 unspecified atom stereocenters. The van der Waals surface area contributed by atoms with E-state index in [0.717, 1.165) is 5.56 Å². The van der Waals surface area contributed by atoms with Crippen molar-refractivity contribution < 1.29 is 9.63 Å². The summed E-state index contributed by atoms with van der Waals surface area (Å²) in [6.07, 6.45) is 2.86. The third kappa shape index (κ3) is 2.95. The number of aromatic nitrogens is 2. The molecule has 2 aromatic rings. The molecule has 0 aliphatic carbocycles. The Bertz CT molecular complexity index is 519. The molecule has 0 aliphatic heterocycles. The predicted octanol–water partition coefficient (Wildman–Crippen LogP) is 1.94. The highest BCUT2D eigenvalue weighted by atomic mass is 16.5. The Kier molecular flexibility index (Phi) is 3.74. The van der Waals surface area contributed by atoms with Crippen molar-refractivity contribution in [1.82, 2.24) is 10.1 Å². The van der Waals surface area contributed by atoms with Gasteiger partial charge in [0.15, 0.2) is 5.82 Å². The van der Waals surface area contributed by atoms with Crippen LogP contribution >= 0.6 is 0 Å². The van der Waals surface area contributed by atoms with Gasteiger partial charge in [-0.1, -0.05) is 23.4 Å². The normalized spacial score (nSPS) is 12.3. The van der Waals surface area contributed by atoms with Crippen LogP contribution in [0, 0.1) is 0 Å². The second kappa shape index (κ2) is 5.46. The van der Waals surface area contributed by atoms with E-state index >= 15 is 0 Å². The molecule has 5 heteroatoms. The van der Waals surface area contributed by atoms with Gasteiger partial charge in [0.25, 0.3) is 0 Å². The Hall–Kier alpha value is -2.14. The van der Waals surface area contributed by atoms with Crippen molar-refractivity contribution in [3.63, 3.8) is 0 Å². The molecule has 0 aliphatic rings. The molecule has 1 aromatic heterocycles. The molecule has 5 nitrogen and oxygen atoms in total. The number of benzene rings is 1. The number of nitrogens with two attached hydrogens (primary N) is 1. The van der Waals surface area contributed by atoms with E-state index in [0.29, 0.717) is 24.6 Å². The summed E-state index contributed by atoms with van der Waals surface area (Å²) in [6, 6.07) is 6.58. The molecule has 0 saturated heterocycles. The number of phenols is 1. The first-order valence-corrected chi connectivity index (χ1v) is 5.66. The monoisotopic (exact) mass is 245 g/mol. The van der Waals surface area contributed by atoms with E-state index in [1.54, 1.807) is 18.2 Å². The topological polar surface area (TPSA) is 85.2 Å². The van der Waals surface area contributed by atoms with Crippen LogP contribution in [-0.2, 0) is 6.42 Å². The molecule has 0 saturated carbocycles. The third-order valence-electron chi connectivity index (χ3n) is 2.52. The fraction of sp³-hybridized carbons (Fsp3) is 0.231. The minimum absolute atomic E-state index is 0.237. The number of rotatable bonds is 5. The van der Waals surface area contributed by atoms with Gasteiger partial charge in [-0.3, -0.25) is 0 Å². The van der Waals surface area contributed by atoms with Crippen molar-refractivity contribution in [3.05, 3.63) is 54.2 Å². The summed E-state index contributed by atoms with van der Waals surface area (Å²) >= 11 is 0. The van der Waals surface area contributed by atoms with Gasteiger partial charge < -0.3 is 15.4 Å². The molecule has 0 radical (unpaired) electrons. The van der Waals surface area contributed by atoms with E-state index in [4.69, 9.17) is 10.3 Å². The number of nitrogens with zero attached hydrogens (tertiary/aromatic N) is 2. The second-order valence-electron chi connectivity index (χ2n) is 4.02. The van der Waals surface area contributed by atoms with Crippen LogP contribution in [0.5, 0.6) is 5.75 Å². The van der Waals surface area contributed by atoms with Gasteiger partial charge in [-0.2, -0.15) is 4.98 Å². The minimum atomic E-state index is -0.302. The number of aromatic hydroxyl groups is 1. The zero-order chi connectivity index (χ0) is 13.0. The molecule has 0 spiro atoms. The first-order valence-electron chi connectivity index (χ1n) is 5.66. The van der Waals surface area contributed by atoms with Crippen LogP contribution in [0.3, 0.4) is 0 Å². The lowest BCUT2D eigenvalue weighted by Gasteiger charge is -2.00. The molecule has 0 fully saturated rings. The zero-order valence-corrected chi connectivity index (χ0v) is 9.91. The summed E-state index contributed by atoms with van der Waals surface area (Å²) in [4.78, 5) is 4.23. The molecule has 1 aromatic carbocycles. The Morgan fingerprint density at radius 3 is 2.78 bits per heavy atom. The first kappa shape index (κ1) is 12.3. The third-order valence-corrected chi connectivity index (χ3v) is 2.52. The second-order valence-corrected chi connectivity index (χ2v) is 4.02. The first-order chi connectivity index (χ1) is 8.69. The number of hydrogen-bond acceptors (Lipinski definition) is 5. The quantitative estimate of drug-likeness (QED) is 0.786. The molecule has 2 rings (SSSR count). The highest BCUT2D eigenvalue weighted by Crippen LogP contribution is 2.15. The molecular weight excluding hydrogens is 230 g/mol. The molecule has 1 heterocycles. The van der Waals surface area contributed by atoms with Gasteiger partial charge in [0.2, 0.25) is 5.89 Å². The maximum absolute atomic E-state index is 9.18. The predicted molar refractivity (Wildman–Crippen MR) is 67.0 cm³/mol. The van der Waals surface area contributed by atoms with Crippen molar-refractivity contribution >= 4 is 0 Å². The summed E-state index contributed by atoms with van der Waals surface area (Å²) in [6.45, 7) is 3.62. The standard InChI is InChI=1S/C13H15N3O2/c1-2-3-11(14)13-15-12(16-18-13)8-9-4-6-10(17)7-5-9/h2,4-7,11,17H,1,3,8,14H2. The van der Waals surface area contributed by atoms with E-state index in [1.807, 2.05) is 12.1 Å². The van der Waals surface area contributed by atoms with Crippen molar-refractivity contribution in [3.8, 4) is 5.75 Å².